The van der Waals surface area contributed by atoms with Crippen molar-refractivity contribution < 1.29 is 0 Å². The zero-order valence-electron chi connectivity index (χ0n) is 16.8. The van der Waals surface area contributed by atoms with E-state index in [-0.39, 0.29) is 0 Å². The quantitative estimate of drug-likeness (QED) is 0.833. The van der Waals surface area contributed by atoms with E-state index in [4.69, 9.17) is 10.3 Å². The van der Waals surface area contributed by atoms with Crippen molar-refractivity contribution in [3.8, 4) is 12.1 Å². The van der Waals surface area contributed by atoms with Crippen LogP contribution >= 0.6 is 0 Å². The predicted molar refractivity (Wildman–Crippen MR) is 116 cm³/mol. The number of benzene rings is 2. The molecule has 2 saturated heterocycles. The lowest BCUT2D eigenvalue weighted by atomic mass is 9.82. The topological polar surface area (TPSA) is 87.2 Å². The number of nitrogens with one attached hydrogen (secondary N) is 2. The molecule has 0 aliphatic carbocycles. The summed E-state index contributed by atoms with van der Waals surface area (Å²) in [5, 5.41) is 18.4. The van der Waals surface area contributed by atoms with Crippen molar-refractivity contribution >= 4 is 11.4 Å². The highest BCUT2D eigenvalue weighted by Gasteiger charge is 2.31. The van der Waals surface area contributed by atoms with Crippen molar-refractivity contribution in [1.29, 1.82) is 10.5 Å². The molecule has 6 heteroatoms. The maximum absolute atomic E-state index is 9.28. The van der Waals surface area contributed by atoms with Crippen molar-refractivity contribution in [3.05, 3.63) is 64.7 Å². The third-order valence-electron chi connectivity index (χ3n) is 6.64. The van der Waals surface area contributed by atoms with Gasteiger partial charge >= 0.3 is 0 Å². The molecular formula is C24H24N6. The number of rotatable bonds is 3. The highest BCUT2D eigenvalue weighted by Crippen LogP contribution is 2.35. The lowest BCUT2D eigenvalue weighted by molar-refractivity contribution is 0.409. The number of hydrazine groups is 1. The van der Waals surface area contributed by atoms with Gasteiger partial charge in [0.15, 0.2) is 0 Å². The first-order valence-corrected chi connectivity index (χ1v) is 10.5. The average molecular weight is 396 g/mol. The third kappa shape index (κ3) is 3.45. The van der Waals surface area contributed by atoms with Crippen LogP contribution in [0.15, 0.2) is 47.5 Å². The monoisotopic (exact) mass is 396 g/mol. The van der Waals surface area contributed by atoms with E-state index in [2.05, 4.69) is 52.2 Å². The summed E-state index contributed by atoms with van der Waals surface area (Å²) in [5.74, 6) is 1.41. The third-order valence-corrected chi connectivity index (χ3v) is 6.64. The molecular weight excluding hydrogens is 372 g/mol. The zero-order valence-corrected chi connectivity index (χ0v) is 16.8. The molecule has 3 aliphatic rings. The highest BCUT2D eigenvalue weighted by molar-refractivity contribution is 5.90. The van der Waals surface area contributed by atoms with Crippen LogP contribution in [0, 0.1) is 28.6 Å². The summed E-state index contributed by atoms with van der Waals surface area (Å²) in [5.41, 5.74) is 12.5. The molecule has 2 N–H and O–H groups in total. The van der Waals surface area contributed by atoms with Crippen LogP contribution in [0.5, 0.6) is 0 Å². The van der Waals surface area contributed by atoms with Crippen LogP contribution in [-0.4, -0.2) is 38.4 Å². The molecule has 5 rings (SSSR count). The van der Waals surface area contributed by atoms with Crippen LogP contribution in [0.3, 0.4) is 0 Å². The first-order valence-electron chi connectivity index (χ1n) is 10.5. The van der Waals surface area contributed by atoms with Crippen molar-refractivity contribution in [2.75, 3.05) is 37.6 Å². The summed E-state index contributed by atoms with van der Waals surface area (Å²) in [6, 6.07) is 18.8. The van der Waals surface area contributed by atoms with Gasteiger partial charge in [0, 0.05) is 61.9 Å². The number of nitriles is 2. The average Bonchev–Trinajstić information content (AvgIpc) is 2.78. The fourth-order valence-corrected chi connectivity index (χ4v) is 4.78. The minimum absolute atomic E-state index is 0.399. The first-order chi connectivity index (χ1) is 14.7. The lowest BCUT2D eigenvalue weighted by Gasteiger charge is -2.42. The van der Waals surface area contributed by atoms with Crippen molar-refractivity contribution in [2.24, 2.45) is 10.9 Å². The number of hydrogen-bond acceptors (Lipinski definition) is 6. The summed E-state index contributed by atoms with van der Waals surface area (Å²) in [6.07, 6.45) is 1.15. The molecule has 0 radical (unpaired) electrons. The van der Waals surface area contributed by atoms with E-state index in [1.165, 1.54) is 17.0 Å². The second kappa shape index (κ2) is 7.91. The minimum Gasteiger partial charge on any atom is -0.370 e. The van der Waals surface area contributed by atoms with Gasteiger partial charge in [0.05, 0.1) is 11.1 Å². The Balaban J connectivity index is 1.27. The van der Waals surface area contributed by atoms with E-state index >= 15 is 0 Å². The van der Waals surface area contributed by atoms with E-state index in [0.717, 1.165) is 44.7 Å². The Morgan fingerprint density at radius 2 is 1.73 bits per heavy atom. The molecule has 0 saturated carbocycles. The van der Waals surface area contributed by atoms with Gasteiger partial charge in [0.2, 0.25) is 0 Å². The standard InChI is InChI=1S/C24H24N6/c25-9-18-5-4-17(6-19(18)10-26)22-14-30(15-22)23-3-1-2-16(8-23)20-7-21-12-28-29-13-24(21)27-11-20/h1-6,8,20-22,28-29H,7,11-15H2. The maximum Gasteiger partial charge on any atom is 0.101 e. The van der Waals surface area contributed by atoms with Gasteiger partial charge in [0.1, 0.15) is 12.1 Å². The van der Waals surface area contributed by atoms with Gasteiger partial charge in [0.25, 0.3) is 0 Å². The Kier molecular flexibility index (Phi) is 4.96. The Morgan fingerprint density at radius 3 is 2.57 bits per heavy atom. The summed E-state index contributed by atoms with van der Waals surface area (Å²) < 4.78 is 0. The van der Waals surface area contributed by atoms with Crippen LogP contribution in [0.1, 0.15) is 40.5 Å². The van der Waals surface area contributed by atoms with Crippen molar-refractivity contribution in [2.45, 2.75) is 18.3 Å². The second-order valence-electron chi connectivity index (χ2n) is 8.42. The van der Waals surface area contributed by atoms with E-state index in [1.807, 2.05) is 12.1 Å². The molecule has 150 valence electrons. The summed E-state index contributed by atoms with van der Waals surface area (Å²) in [6.45, 7) is 4.56. The van der Waals surface area contributed by atoms with Gasteiger partial charge in [-0.3, -0.25) is 15.8 Å². The number of fused-ring (bicyclic) bond motifs is 1. The molecule has 3 heterocycles. The highest BCUT2D eigenvalue weighted by atomic mass is 15.4. The normalized spacial score (nSPS) is 23.5. The molecule has 2 fully saturated rings. The molecule has 2 aromatic carbocycles. The largest absolute Gasteiger partial charge is 0.370 e. The summed E-state index contributed by atoms with van der Waals surface area (Å²) >= 11 is 0. The fourth-order valence-electron chi connectivity index (χ4n) is 4.78. The summed E-state index contributed by atoms with van der Waals surface area (Å²) in [7, 11) is 0. The Labute approximate surface area is 176 Å². The SMILES string of the molecule is N#Cc1ccc(C2CN(c3cccc(C4CN=C5CNNCC5C4)c3)C2)cc1C#N. The van der Waals surface area contributed by atoms with Crippen LogP contribution in [-0.2, 0) is 0 Å². The maximum atomic E-state index is 9.28. The second-order valence-corrected chi connectivity index (χ2v) is 8.42. The molecule has 0 aromatic heterocycles. The van der Waals surface area contributed by atoms with Crippen LogP contribution in [0.2, 0.25) is 0 Å². The Morgan fingerprint density at radius 1 is 0.900 bits per heavy atom. The number of nitrogens with zero attached hydrogens (tertiary/aromatic N) is 4. The van der Waals surface area contributed by atoms with E-state index in [0.29, 0.717) is 28.9 Å². The molecule has 6 nitrogen and oxygen atoms in total. The van der Waals surface area contributed by atoms with Gasteiger partial charge in [-0.2, -0.15) is 10.5 Å². The van der Waals surface area contributed by atoms with Crippen LogP contribution in [0.4, 0.5) is 5.69 Å². The van der Waals surface area contributed by atoms with E-state index in [9.17, 15) is 5.26 Å². The Bertz CT molecular complexity index is 1070. The fraction of sp³-hybridized carbons (Fsp3) is 0.375. The summed E-state index contributed by atoms with van der Waals surface area (Å²) in [4.78, 5) is 7.24. The van der Waals surface area contributed by atoms with E-state index in [1.54, 1.807) is 6.07 Å². The van der Waals surface area contributed by atoms with Crippen LogP contribution < -0.4 is 15.8 Å². The smallest absolute Gasteiger partial charge is 0.101 e. The molecule has 0 amide bonds. The molecule has 30 heavy (non-hydrogen) atoms. The molecule has 2 aromatic rings. The molecule has 3 aliphatic heterocycles. The van der Waals surface area contributed by atoms with Gasteiger partial charge in [-0.25, -0.2) is 0 Å². The zero-order chi connectivity index (χ0) is 20.5. The minimum atomic E-state index is 0.399. The van der Waals surface area contributed by atoms with Crippen molar-refractivity contribution in [3.63, 3.8) is 0 Å². The van der Waals surface area contributed by atoms with Gasteiger partial charge in [-0.1, -0.05) is 18.2 Å². The molecule has 2 unspecified atom stereocenters. The number of hydrogen-bond donors (Lipinski definition) is 2. The van der Waals surface area contributed by atoms with Gasteiger partial charge < -0.3 is 4.90 Å². The molecule has 0 spiro atoms. The van der Waals surface area contributed by atoms with Gasteiger partial charge in [-0.15, -0.1) is 0 Å². The molecule has 2 atom stereocenters. The number of anilines is 1. The van der Waals surface area contributed by atoms with Crippen molar-refractivity contribution in [1.82, 2.24) is 10.9 Å². The molecule has 0 bridgehead atoms. The van der Waals surface area contributed by atoms with Crippen LogP contribution in [0.25, 0.3) is 0 Å². The lowest BCUT2D eigenvalue weighted by Crippen LogP contribution is -2.50. The Hall–Kier alpha value is -3.19. The predicted octanol–water partition coefficient (Wildman–Crippen LogP) is 2.69. The van der Waals surface area contributed by atoms with Gasteiger partial charge in [-0.05, 0) is 41.8 Å². The first kappa shape index (κ1) is 18.8. The number of aliphatic imine (C=N–C) groups is 1. The van der Waals surface area contributed by atoms with E-state index < -0.39 is 0 Å².